The number of benzene rings is 2. The van der Waals surface area contributed by atoms with Gasteiger partial charge in [-0.05, 0) is 48.2 Å². The predicted octanol–water partition coefficient (Wildman–Crippen LogP) is 5.38. The van der Waals surface area contributed by atoms with Crippen molar-refractivity contribution < 1.29 is 18.3 Å². The van der Waals surface area contributed by atoms with Gasteiger partial charge in [-0.15, -0.1) is 11.3 Å². The van der Waals surface area contributed by atoms with Gasteiger partial charge >= 0.3 is 0 Å². The van der Waals surface area contributed by atoms with Crippen molar-refractivity contribution in [3.63, 3.8) is 0 Å². The Hall–Kier alpha value is -2.81. The molecule has 0 saturated heterocycles. The molecule has 0 radical (unpaired) electrons. The molecule has 9 heteroatoms. The van der Waals surface area contributed by atoms with Crippen molar-refractivity contribution in [1.82, 2.24) is 9.97 Å². The van der Waals surface area contributed by atoms with Crippen molar-refractivity contribution in [3.8, 4) is 11.3 Å². The number of rotatable bonds is 4. The lowest BCUT2D eigenvalue weighted by Crippen LogP contribution is -2.04. The van der Waals surface area contributed by atoms with Crippen LogP contribution in [0.25, 0.3) is 22.0 Å². The maximum absolute atomic E-state index is 12.7. The fraction of sp³-hybridized carbons (Fsp3) is 0.136. The molecule has 0 saturated carbocycles. The molecule has 4 rings (SSSR count). The third-order valence-electron chi connectivity index (χ3n) is 4.34. The van der Waals surface area contributed by atoms with Crippen LogP contribution < -0.4 is 0 Å². The molecule has 0 aliphatic heterocycles. The summed E-state index contributed by atoms with van der Waals surface area (Å²) in [5, 5.41) is 12.2. The summed E-state index contributed by atoms with van der Waals surface area (Å²) in [6, 6.07) is 12.7. The Kier molecular flexibility index (Phi) is 7.04. The van der Waals surface area contributed by atoms with E-state index in [1.807, 2.05) is 37.3 Å². The Morgan fingerprint density at radius 1 is 1.10 bits per heavy atom. The highest BCUT2D eigenvalue weighted by Crippen LogP contribution is 2.32. The van der Waals surface area contributed by atoms with Gasteiger partial charge < -0.3 is 5.11 Å². The number of pyridine rings is 1. The van der Waals surface area contributed by atoms with E-state index in [2.05, 4.69) is 9.97 Å². The molecule has 0 spiro atoms. The fourth-order valence-electron chi connectivity index (χ4n) is 3.03. The minimum atomic E-state index is -3.46. The van der Waals surface area contributed by atoms with E-state index in [-0.39, 0.29) is 10.6 Å². The summed E-state index contributed by atoms with van der Waals surface area (Å²) >= 11 is 7.40. The van der Waals surface area contributed by atoms with E-state index in [1.54, 1.807) is 29.9 Å². The molecule has 0 fully saturated rings. The molecular weight excluding hydrogens is 456 g/mol. The molecular formula is C22H19ClN2O4S2. The summed E-state index contributed by atoms with van der Waals surface area (Å²) in [5.41, 5.74) is 2.80. The molecule has 0 atom stereocenters. The summed E-state index contributed by atoms with van der Waals surface area (Å²) < 4.78 is 25.5. The first-order valence-corrected chi connectivity index (χ1v) is 12.0. The average Bonchev–Trinajstić information content (AvgIpc) is 3.19. The Bertz CT molecular complexity index is 1330. The molecule has 0 aliphatic rings. The van der Waals surface area contributed by atoms with Crippen LogP contribution in [0.15, 0.2) is 65.1 Å². The average molecular weight is 475 g/mol. The number of halogens is 1. The summed E-state index contributed by atoms with van der Waals surface area (Å²) in [4.78, 5) is 17.9. The second-order valence-electron chi connectivity index (χ2n) is 6.71. The lowest BCUT2D eigenvalue weighted by Gasteiger charge is -2.10. The number of aryl methyl sites for hydroxylation is 1. The molecule has 2 aromatic carbocycles. The Morgan fingerprint density at radius 2 is 1.84 bits per heavy atom. The van der Waals surface area contributed by atoms with Crippen molar-refractivity contribution >= 4 is 49.5 Å². The fourth-order valence-corrected chi connectivity index (χ4v) is 5.54. The van der Waals surface area contributed by atoms with Gasteiger partial charge in [-0.1, -0.05) is 23.7 Å². The summed E-state index contributed by atoms with van der Waals surface area (Å²) in [6.45, 7) is 3.06. The monoisotopic (exact) mass is 474 g/mol. The van der Waals surface area contributed by atoms with E-state index in [9.17, 15) is 8.42 Å². The van der Waals surface area contributed by atoms with Crippen LogP contribution in [0, 0.1) is 6.92 Å². The highest BCUT2D eigenvalue weighted by Gasteiger charge is 2.18. The van der Waals surface area contributed by atoms with Crippen molar-refractivity contribution in [2.75, 3.05) is 0 Å². The number of hydrogen-bond donors (Lipinski definition) is 1. The van der Waals surface area contributed by atoms with Gasteiger partial charge in [-0.25, -0.2) is 13.4 Å². The molecule has 0 bridgehead atoms. The lowest BCUT2D eigenvalue weighted by molar-refractivity contribution is -0.134. The van der Waals surface area contributed by atoms with Gasteiger partial charge in [-0.3, -0.25) is 9.78 Å². The highest BCUT2D eigenvalue weighted by molar-refractivity contribution is 7.90. The van der Waals surface area contributed by atoms with Crippen LogP contribution in [0.4, 0.5) is 0 Å². The zero-order chi connectivity index (χ0) is 22.6. The van der Waals surface area contributed by atoms with E-state index >= 15 is 0 Å². The second kappa shape index (κ2) is 9.55. The first-order valence-electron chi connectivity index (χ1n) is 9.13. The highest BCUT2D eigenvalue weighted by atomic mass is 35.5. The van der Waals surface area contributed by atoms with Crippen LogP contribution in [-0.2, 0) is 20.4 Å². The number of sulfone groups is 1. The molecule has 1 N–H and O–H groups in total. The number of carbonyl (C=O) groups is 1. The van der Waals surface area contributed by atoms with Crippen LogP contribution in [0.2, 0.25) is 5.02 Å². The first-order chi connectivity index (χ1) is 14.7. The number of aliphatic carboxylic acids is 1. The molecule has 0 amide bonds. The Morgan fingerprint density at radius 3 is 2.48 bits per heavy atom. The van der Waals surface area contributed by atoms with Crippen LogP contribution in [-0.4, -0.2) is 29.5 Å². The molecule has 0 aliphatic carbocycles. The summed E-state index contributed by atoms with van der Waals surface area (Å²) in [7, 11) is -3.46. The van der Waals surface area contributed by atoms with E-state index in [0.717, 1.165) is 34.5 Å². The van der Waals surface area contributed by atoms with Crippen LogP contribution in [0.1, 0.15) is 17.5 Å². The predicted molar refractivity (Wildman–Crippen MR) is 123 cm³/mol. The molecule has 2 aromatic heterocycles. The van der Waals surface area contributed by atoms with Gasteiger partial charge in [0.25, 0.3) is 5.97 Å². The quantitative estimate of drug-likeness (QED) is 0.426. The Balaban J connectivity index is 0.000000628. The van der Waals surface area contributed by atoms with Crippen LogP contribution in [0.5, 0.6) is 0 Å². The zero-order valence-corrected chi connectivity index (χ0v) is 19.1. The van der Waals surface area contributed by atoms with E-state index in [0.29, 0.717) is 10.0 Å². The lowest BCUT2D eigenvalue weighted by atomic mass is 10.0. The number of carboxylic acid groups (broad SMARTS) is 1. The maximum Gasteiger partial charge on any atom is 0.300 e. The molecule has 31 heavy (non-hydrogen) atoms. The second-order valence-corrected chi connectivity index (χ2v) is 10.1. The normalized spacial score (nSPS) is 11.1. The third kappa shape index (κ3) is 5.66. The molecule has 2 heterocycles. The van der Waals surface area contributed by atoms with Crippen molar-refractivity contribution in [2.45, 2.75) is 24.5 Å². The smallest absolute Gasteiger partial charge is 0.300 e. The van der Waals surface area contributed by atoms with Crippen molar-refractivity contribution in [1.29, 1.82) is 0 Å². The number of thiazole rings is 1. The zero-order valence-electron chi connectivity index (χ0n) is 16.7. The Labute approximate surface area is 189 Å². The third-order valence-corrected chi connectivity index (χ3v) is 7.16. The summed E-state index contributed by atoms with van der Waals surface area (Å²) in [6.07, 6.45) is 3.31. The van der Waals surface area contributed by atoms with Crippen LogP contribution in [0.3, 0.4) is 0 Å². The van der Waals surface area contributed by atoms with E-state index in [1.165, 1.54) is 11.3 Å². The number of aromatic nitrogens is 2. The van der Waals surface area contributed by atoms with Gasteiger partial charge in [0.1, 0.15) is 10.8 Å². The molecule has 4 aromatic rings. The topological polar surface area (TPSA) is 97.2 Å². The van der Waals surface area contributed by atoms with Gasteiger partial charge in [-0.2, -0.15) is 0 Å². The minimum absolute atomic E-state index is 0.0929. The van der Waals surface area contributed by atoms with Crippen molar-refractivity contribution in [2.24, 2.45) is 0 Å². The van der Waals surface area contributed by atoms with Gasteiger partial charge in [0.2, 0.25) is 0 Å². The van der Waals surface area contributed by atoms with E-state index in [4.69, 9.17) is 21.5 Å². The first kappa shape index (κ1) is 22.9. The van der Waals surface area contributed by atoms with Gasteiger partial charge in [0.05, 0.1) is 10.6 Å². The SMILES string of the molecule is CC(=O)O.Cc1cc(Cl)ccc1-c1nccc2cc(S(=O)(=O)Cc3nccs3)ccc12. The molecule has 0 unspecified atom stereocenters. The number of fused-ring (bicyclic) bond motifs is 1. The standard InChI is InChI=1S/C20H15ClN2O2S2.C2H4O2/c1-13-10-15(21)2-4-17(13)20-18-5-3-16(11-14(18)6-7-23-20)27(24,25)12-19-22-8-9-26-19;1-2(3)4/h2-11H,12H2,1H3;1H3,(H,3,4). The van der Waals surface area contributed by atoms with Crippen LogP contribution >= 0.6 is 22.9 Å². The van der Waals surface area contributed by atoms with E-state index < -0.39 is 15.8 Å². The minimum Gasteiger partial charge on any atom is -0.481 e. The molecule has 6 nitrogen and oxygen atoms in total. The number of hydrogen-bond acceptors (Lipinski definition) is 6. The summed E-state index contributed by atoms with van der Waals surface area (Å²) in [5.74, 6) is -0.926. The molecule has 160 valence electrons. The number of nitrogens with zero attached hydrogens (tertiary/aromatic N) is 2. The van der Waals surface area contributed by atoms with Gasteiger partial charge in [0.15, 0.2) is 9.84 Å². The number of carboxylic acids is 1. The van der Waals surface area contributed by atoms with Gasteiger partial charge in [0, 0.05) is 40.7 Å². The van der Waals surface area contributed by atoms with Crippen molar-refractivity contribution in [3.05, 3.63) is 75.8 Å². The largest absolute Gasteiger partial charge is 0.481 e. The maximum atomic E-state index is 12.7.